The first-order valence-corrected chi connectivity index (χ1v) is 12.4. The molecule has 0 amide bonds. The highest BCUT2D eigenvalue weighted by Gasteiger charge is 2.20. The predicted octanol–water partition coefficient (Wildman–Crippen LogP) is 3.61. The van der Waals surface area contributed by atoms with E-state index in [0.717, 1.165) is 34.5 Å². The van der Waals surface area contributed by atoms with Crippen LogP contribution in [0.4, 0.5) is 4.39 Å². The summed E-state index contributed by atoms with van der Waals surface area (Å²) in [5.74, 6) is -0.362. The lowest BCUT2D eigenvalue weighted by molar-refractivity contribution is -0.757. The third-order valence-electron chi connectivity index (χ3n) is 5.28. The SMILES string of the molecule is Cc1c(C(N)COCCCO[N+](=O)[O-])cc(-c2ccc(S(C)(=O)=O)cc2)n1-c1ccc(F)cc1. The van der Waals surface area contributed by atoms with E-state index in [-0.39, 0.29) is 30.5 Å². The summed E-state index contributed by atoms with van der Waals surface area (Å²) < 4.78 is 44.7. The first kappa shape index (κ1) is 25.3. The molecule has 0 fully saturated rings. The van der Waals surface area contributed by atoms with Gasteiger partial charge in [-0.3, -0.25) is 0 Å². The molecule has 2 N–H and O–H groups in total. The van der Waals surface area contributed by atoms with Crippen molar-refractivity contribution in [2.24, 2.45) is 5.73 Å². The van der Waals surface area contributed by atoms with Gasteiger partial charge in [0.2, 0.25) is 0 Å². The summed E-state index contributed by atoms with van der Waals surface area (Å²) in [6, 6.07) is 13.9. The first-order valence-electron chi connectivity index (χ1n) is 10.5. The van der Waals surface area contributed by atoms with Gasteiger partial charge in [-0.2, -0.15) is 0 Å². The molecule has 0 saturated carbocycles. The van der Waals surface area contributed by atoms with Crippen molar-refractivity contribution in [2.75, 3.05) is 26.1 Å². The van der Waals surface area contributed by atoms with Gasteiger partial charge in [0.1, 0.15) is 5.82 Å². The number of ether oxygens (including phenoxy) is 1. The summed E-state index contributed by atoms with van der Waals surface area (Å²) in [6.45, 7) is 2.26. The van der Waals surface area contributed by atoms with Crippen LogP contribution in [0.25, 0.3) is 16.9 Å². The highest BCUT2D eigenvalue weighted by atomic mass is 32.2. The number of aromatic nitrogens is 1. The number of benzene rings is 2. The lowest BCUT2D eigenvalue weighted by atomic mass is 10.1. The zero-order valence-electron chi connectivity index (χ0n) is 18.8. The fourth-order valence-electron chi connectivity index (χ4n) is 3.61. The molecule has 1 atom stereocenters. The molecule has 11 heteroatoms. The van der Waals surface area contributed by atoms with Crippen LogP contribution in [0.1, 0.15) is 23.7 Å². The summed E-state index contributed by atoms with van der Waals surface area (Å²) in [7, 11) is -3.34. The largest absolute Gasteiger partial charge is 0.379 e. The summed E-state index contributed by atoms with van der Waals surface area (Å²) in [6.07, 6.45) is 1.50. The monoisotopic (exact) mass is 491 g/mol. The normalized spacial score (nSPS) is 12.5. The van der Waals surface area contributed by atoms with Crippen molar-refractivity contribution in [1.29, 1.82) is 0 Å². The van der Waals surface area contributed by atoms with Crippen LogP contribution in [0.5, 0.6) is 0 Å². The Morgan fingerprint density at radius 2 is 1.76 bits per heavy atom. The highest BCUT2D eigenvalue weighted by Crippen LogP contribution is 2.32. The smallest absolute Gasteiger partial charge is 0.294 e. The van der Waals surface area contributed by atoms with E-state index >= 15 is 0 Å². The number of rotatable bonds is 11. The van der Waals surface area contributed by atoms with Crippen LogP contribution >= 0.6 is 0 Å². The predicted molar refractivity (Wildman–Crippen MR) is 124 cm³/mol. The van der Waals surface area contributed by atoms with Crippen molar-refractivity contribution in [3.63, 3.8) is 0 Å². The molecular formula is C23H26FN3O6S. The van der Waals surface area contributed by atoms with E-state index in [2.05, 4.69) is 4.84 Å². The number of nitrogens with zero attached hydrogens (tertiary/aromatic N) is 2. The van der Waals surface area contributed by atoms with Crippen LogP contribution in [0.3, 0.4) is 0 Å². The Balaban J connectivity index is 1.90. The molecule has 9 nitrogen and oxygen atoms in total. The average molecular weight is 492 g/mol. The van der Waals surface area contributed by atoms with E-state index in [0.29, 0.717) is 6.42 Å². The van der Waals surface area contributed by atoms with E-state index in [4.69, 9.17) is 10.5 Å². The lowest BCUT2D eigenvalue weighted by Crippen LogP contribution is -2.18. The van der Waals surface area contributed by atoms with Gasteiger partial charge in [-0.05, 0) is 66.9 Å². The van der Waals surface area contributed by atoms with Crippen molar-refractivity contribution >= 4 is 9.84 Å². The van der Waals surface area contributed by atoms with Gasteiger partial charge in [0, 0.05) is 24.2 Å². The van der Waals surface area contributed by atoms with Crippen molar-refractivity contribution in [3.8, 4) is 16.9 Å². The summed E-state index contributed by atoms with van der Waals surface area (Å²) >= 11 is 0. The Labute approximate surface area is 196 Å². The maximum Gasteiger partial charge on any atom is 0.294 e. The van der Waals surface area contributed by atoms with E-state index < -0.39 is 21.0 Å². The number of hydrogen-bond acceptors (Lipinski definition) is 7. The van der Waals surface area contributed by atoms with Crippen molar-refractivity contribution in [1.82, 2.24) is 4.57 Å². The molecule has 0 aliphatic carbocycles. The minimum Gasteiger partial charge on any atom is -0.379 e. The van der Waals surface area contributed by atoms with E-state index in [1.165, 1.54) is 24.3 Å². The fraction of sp³-hybridized carbons (Fsp3) is 0.304. The fourth-order valence-corrected chi connectivity index (χ4v) is 4.24. The zero-order valence-corrected chi connectivity index (χ0v) is 19.6. The van der Waals surface area contributed by atoms with Gasteiger partial charge in [0.25, 0.3) is 5.09 Å². The summed E-state index contributed by atoms with van der Waals surface area (Å²) in [5.41, 5.74) is 10.2. The maximum absolute atomic E-state index is 13.5. The molecule has 2 aromatic carbocycles. The van der Waals surface area contributed by atoms with Gasteiger partial charge in [-0.1, -0.05) is 12.1 Å². The van der Waals surface area contributed by atoms with Gasteiger partial charge < -0.3 is 19.9 Å². The molecule has 0 saturated heterocycles. The van der Waals surface area contributed by atoms with Crippen LogP contribution in [-0.2, 0) is 19.4 Å². The molecule has 3 rings (SSSR count). The van der Waals surface area contributed by atoms with E-state index in [9.17, 15) is 22.9 Å². The number of sulfone groups is 1. The van der Waals surface area contributed by atoms with Crippen LogP contribution in [0.2, 0.25) is 0 Å². The quantitative estimate of drug-likeness (QED) is 0.247. The molecule has 0 bridgehead atoms. The van der Waals surface area contributed by atoms with Gasteiger partial charge in [-0.15, -0.1) is 10.1 Å². The molecule has 1 unspecified atom stereocenters. The standard InChI is InChI=1S/C23H26FN3O6S/c1-16-21(22(25)15-32-12-3-13-33-27(28)29)14-23(26(16)19-8-6-18(24)7-9-19)17-4-10-20(11-5-17)34(2,30)31/h4-11,14,22H,3,12-13,15,25H2,1-2H3. The number of halogens is 1. The molecule has 0 aliphatic heterocycles. The Hall–Kier alpha value is -3.28. The molecule has 1 aromatic heterocycles. The maximum atomic E-state index is 13.5. The van der Waals surface area contributed by atoms with Crippen LogP contribution in [0.15, 0.2) is 59.5 Å². The number of nitrogens with two attached hydrogens (primary N) is 1. The van der Waals surface area contributed by atoms with Crippen molar-refractivity contribution < 1.29 is 27.5 Å². The number of hydrogen-bond donors (Lipinski definition) is 1. The summed E-state index contributed by atoms with van der Waals surface area (Å²) in [5, 5.41) is 9.34. The zero-order chi connectivity index (χ0) is 24.9. The third kappa shape index (κ3) is 6.19. The second kappa shape index (κ2) is 10.8. The van der Waals surface area contributed by atoms with Gasteiger partial charge in [0.05, 0.1) is 29.8 Å². The van der Waals surface area contributed by atoms with Crippen LogP contribution in [0, 0.1) is 22.9 Å². The van der Waals surface area contributed by atoms with Gasteiger partial charge >= 0.3 is 0 Å². The summed E-state index contributed by atoms with van der Waals surface area (Å²) in [4.78, 5) is 14.6. The lowest BCUT2D eigenvalue weighted by Gasteiger charge is -2.15. The Bertz CT molecular complexity index is 1240. The topological polar surface area (TPSA) is 127 Å². The average Bonchev–Trinajstić information content (AvgIpc) is 3.13. The molecule has 182 valence electrons. The van der Waals surface area contributed by atoms with Gasteiger partial charge in [-0.25, -0.2) is 12.8 Å². The highest BCUT2D eigenvalue weighted by molar-refractivity contribution is 7.90. The van der Waals surface area contributed by atoms with Crippen LogP contribution < -0.4 is 5.73 Å². The van der Waals surface area contributed by atoms with E-state index in [1.807, 2.05) is 17.6 Å². The molecular weight excluding hydrogens is 465 g/mol. The van der Waals surface area contributed by atoms with Crippen LogP contribution in [-0.4, -0.2) is 44.1 Å². The van der Waals surface area contributed by atoms with Crippen molar-refractivity contribution in [2.45, 2.75) is 24.3 Å². The van der Waals surface area contributed by atoms with Gasteiger partial charge in [0.15, 0.2) is 9.84 Å². The Kier molecular flexibility index (Phi) is 8.02. The molecule has 0 radical (unpaired) electrons. The molecule has 1 heterocycles. The second-order valence-corrected chi connectivity index (χ2v) is 9.79. The minimum atomic E-state index is -3.34. The Morgan fingerprint density at radius 3 is 2.35 bits per heavy atom. The molecule has 0 spiro atoms. The second-order valence-electron chi connectivity index (χ2n) is 7.77. The molecule has 3 aromatic rings. The first-order chi connectivity index (χ1) is 16.1. The van der Waals surface area contributed by atoms with E-state index in [1.54, 1.807) is 24.3 Å². The minimum absolute atomic E-state index is 0.0597. The molecule has 34 heavy (non-hydrogen) atoms. The molecule has 0 aliphatic rings. The Morgan fingerprint density at radius 1 is 1.12 bits per heavy atom. The third-order valence-corrected chi connectivity index (χ3v) is 6.40. The van der Waals surface area contributed by atoms with Crippen molar-refractivity contribution in [3.05, 3.63) is 81.8 Å².